The van der Waals surface area contributed by atoms with Crippen LogP contribution in [0.5, 0.6) is 0 Å². The van der Waals surface area contributed by atoms with Crippen molar-refractivity contribution in [2.75, 3.05) is 18.5 Å². The molecule has 1 amide bonds. The van der Waals surface area contributed by atoms with Gasteiger partial charge in [-0.15, -0.1) is 0 Å². The molecule has 1 fully saturated rings. The van der Waals surface area contributed by atoms with Gasteiger partial charge >= 0.3 is 0 Å². The van der Waals surface area contributed by atoms with Crippen LogP contribution in [0, 0.1) is 6.92 Å². The van der Waals surface area contributed by atoms with E-state index in [0.717, 1.165) is 43.8 Å². The molecule has 21 heavy (non-hydrogen) atoms. The Hall–Kier alpha value is -1.62. The van der Waals surface area contributed by atoms with Crippen LogP contribution in [0.3, 0.4) is 0 Å². The van der Waals surface area contributed by atoms with Gasteiger partial charge in [-0.2, -0.15) is 0 Å². The van der Waals surface area contributed by atoms with Crippen molar-refractivity contribution in [2.24, 2.45) is 0 Å². The molecule has 0 saturated carbocycles. The molecule has 0 bridgehead atoms. The Bertz CT molecular complexity index is 484. The minimum absolute atomic E-state index is 0.0142. The average Bonchev–Trinajstić information content (AvgIpc) is 2.99. The van der Waals surface area contributed by atoms with E-state index in [0.29, 0.717) is 5.56 Å². The first-order chi connectivity index (χ1) is 10.1. The number of nitrogens with zero attached hydrogens (tertiary/aromatic N) is 1. The Morgan fingerprint density at radius 2 is 2.38 bits per heavy atom. The summed E-state index contributed by atoms with van der Waals surface area (Å²) < 4.78 is 5.62. The van der Waals surface area contributed by atoms with E-state index >= 15 is 0 Å². The molecule has 2 rings (SSSR count). The lowest BCUT2D eigenvalue weighted by molar-refractivity contribution is 0.0712. The number of aryl methyl sites for hydroxylation is 1. The summed E-state index contributed by atoms with van der Waals surface area (Å²) >= 11 is 0. The van der Waals surface area contributed by atoms with E-state index in [1.165, 1.54) is 0 Å². The third-order valence-electron chi connectivity index (χ3n) is 3.73. The molecule has 1 aliphatic rings. The molecule has 1 aliphatic heterocycles. The quantitative estimate of drug-likeness (QED) is 0.845. The van der Waals surface area contributed by atoms with E-state index in [-0.39, 0.29) is 18.1 Å². The number of hydrogen-bond acceptors (Lipinski definition) is 4. The maximum atomic E-state index is 12.5. The first-order valence-corrected chi connectivity index (χ1v) is 7.74. The highest BCUT2D eigenvalue weighted by atomic mass is 16.5. The second-order valence-corrected chi connectivity index (χ2v) is 5.61. The van der Waals surface area contributed by atoms with Gasteiger partial charge in [-0.3, -0.25) is 9.78 Å². The first-order valence-electron chi connectivity index (χ1n) is 7.74. The predicted octanol–water partition coefficient (Wildman–Crippen LogP) is 2.51. The number of amides is 1. The van der Waals surface area contributed by atoms with E-state index in [9.17, 15) is 4.79 Å². The average molecular weight is 291 g/mol. The molecule has 1 aromatic heterocycles. The van der Waals surface area contributed by atoms with Crippen molar-refractivity contribution >= 4 is 11.6 Å². The largest absolute Gasteiger partial charge is 0.384 e. The van der Waals surface area contributed by atoms with Gasteiger partial charge in [0, 0.05) is 25.0 Å². The second kappa shape index (κ2) is 7.41. The normalized spacial score (nSPS) is 19.3. The van der Waals surface area contributed by atoms with Crippen LogP contribution < -0.4 is 10.6 Å². The Morgan fingerprint density at radius 3 is 3.05 bits per heavy atom. The van der Waals surface area contributed by atoms with Crippen LogP contribution in [0.1, 0.15) is 49.2 Å². The standard InChI is InChI=1S/C16H25N3O2/c1-4-7-17-14-9-11(2)18-10-13(14)16(20)19-12(3)15-6-5-8-21-15/h9-10,12,15H,4-8H2,1-3H3,(H,17,18)(H,19,20). The van der Waals surface area contributed by atoms with Gasteiger partial charge in [0.15, 0.2) is 0 Å². The van der Waals surface area contributed by atoms with Crippen LogP contribution in [0.2, 0.25) is 0 Å². The van der Waals surface area contributed by atoms with Gasteiger partial charge in [-0.05, 0) is 39.2 Å². The van der Waals surface area contributed by atoms with Crippen LogP contribution in [0.25, 0.3) is 0 Å². The zero-order chi connectivity index (χ0) is 15.2. The molecule has 5 nitrogen and oxygen atoms in total. The zero-order valence-electron chi connectivity index (χ0n) is 13.1. The highest BCUT2D eigenvalue weighted by Crippen LogP contribution is 2.18. The maximum Gasteiger partial charge on any atom is 0.255 e. The molecule has 1 aromatic rings. The van der Waals surface area contributed by atoms with E-state index in [4.69, 9.17) is 4.74 Å². The van der Waals surface area contributed by atoms with Crippen molar-refractivity contribution in [1.29, 1.82) is 0 Å². The lowest BCUT2D eigenvalue weighted by atomic mass is 10.1. The van der Waals surface area contributed by atoms with Gasteiger partial charge in [0.25, 0.3) is 5.91 Å². The lowest BCUT2D eigenvalue weighted by Gasteiger charge is -2.21. The van der Waals surface area contributed by atoms with E-state index in [1.54, 1.807) is 6.20 Å². The topological polar surface area (TPSA) is 63.2 Å². The van der Waals surface area contributed by atoms with Crippen LogP contribution >= 0.6 is 0 Å². The Labute approximate surface area is 126 Å². The summed E-state index contributed by atoms with van der Waals surface area (Å²) in [6.07, 6.45) is 4.86. The molecule has 2 N–H and O–H groups in total. The first kappa shape index (κ1) is 15.8. The van der Waals surface area contributed by atoms with Crippen LogP contribution in [0.15, 0.2) is 12.3 Å². The van der Waals surface area contributed by atoms with Gasteiger partial charge in [0.1, 0.15) is 0 Å². The van der Waals surface area contributed by atoms with Crippen molar-refractivity contribution in [3.05, 3.63) is 23.5 Å². The van der Waals surface area contributed by atoms with Crippen LogP contribution in [-0.2, 0) is 4.74 Å². The molecule has 0 aromatic carbocycles. The number of nitrogens with one attached hydrogen (secondary N) is 2. The number of carbonyl (C=O) groups is 1. The molecule has 116 valence electrons. The highest BCUT2D eigenvalue weighted by Gasteiger charge is 2.24. The van der Waals surface area contributed by atoms with Gasteiger partial charge in [-0.25, -0.2) is 0 Å². The van der Waals surface area contributed by atoms with E-state index in [1.807, 2.05) is 19.9 Å². The predicted molar refractivity (Wildman–Crippen MR) is 83.7 cm³/mol. The fraction of sp³-hybridized carbons (Fsp3) is 0.625. The van der Waals surface area contributed by atoms with E-state index in [2.05, 4.69) is 22.5 Å². The smallest absolute Gasteiger partial charge is 0.255 e. The third-order valence-corrected chi connectivity index (χ3v) is 3.73. The number of pyridine rings is 1. The molecule has 0 spiro atoms. The zero-order valence-corrected chi connectivity index (χ0v) is 13.1. The van der Waals surface area contributed by atoms with Crippen molar-refractivity contribution in [3.63, 3.8) is 0 Å². The van der Waals surface area contributed by atoms with Gasteiger partial charge in [0.05, 0.1) is 23.4 Å². The number of carbonyl (C=O) groups excluding carboxylic acids is 1. The number of rotatable bonds is 6. The van der Waals surface area contributed by atoms with Crippen molar-refractivity contribution in [3.8, 4) is 0 Å². The maximum absolute atomic E-state index is 12.5. The highest BCUT2D eigenvalue weighted by molar-refractivity contribution is 5.99. The van der Waals surface area contributed by atoms with Crippen LogP contribution in [0.4, 0.5) is 5.69 Å². The number of ether oxygens (including phenoxy) is 1. The fourth-order valence-corrected chi connectivity index (χ4v) is 2.52. The van der Waals surface area contributed by atoms with Crippen molar-refractivity contribution in [2.45, 2.75) is 52.2 Å². The Morgan fingerprint density at radius 1 is 1.57 bits per heavy atom. The molecule has 2 unspecified atom stereocenters. The Balaban J connectivity index is 2.06. The molecule has 2 heterocycles. The summed E-state index contributed by atoms with van der Waals surface area (Å²) in [5.74, 6) is -0.0934. The Kier molecular flexibility index (Phi) is 5.56. The fourth-order valence-electron chi connectivity index (χ4n) is 2.52. The van der Waals surface area contributed by atoms with Crippen LogP contribution in [-0.4, -0.2) is 36.2 Å². The molecular weight excluding hydrogens is 266 g/mol. The number of anilines is 1. The summed E-state index contributed by atoms with van der Waals surface area (Å²) in [4.78, 5) is 16.7. The number of aromatic nitrogens is 1. The second-order valence-electron chi connectivity index (χ2n) is 5.61. The minimum Gasteiger partial charge on any atom is -0.384 e. The number of hydrogen-bond donors (Lipinski definition) is 2. The van der Waals surface area contributed by atoms with Crippen molar-refractivity contribution < 1.29 is 9.53 Å². The molecule has 5 heteroatoms. The van der Waals surface area contributed by atoms with Gasteiger partial charge in [0.2, 0.25) is 0 Å². The summed E-state index contributed by atoms with van der Waals surface area (Å²) in [6, 6.07) is 1.93. The van der Waals surface area contributed by atoms with Gasteiger partial charge < -0.3 is 15.4 Å². The molecular formula is C16H25N3O2. The SMILES string of the molecule is CCCNc1cc(C)ncc1C(=O)NC(C)C1CCCO1. The summed E-state index contributed by atoms with van der Waals surface area (Å²) in [5.41, 5.74) is 2.35. The molecule has 0 radical (unpaired) electrons. The summed E-state index contributed by atoms with van der Waals surface area (Å²) in [7, 11) is 0. The van der Waals surface area contributed by atoms with Crippen molar-refractivity contribution in [1.82, 2.24) is 10.3 Å². The third kappa shape index (κ3) is 4.17. The minimum atomic E-state index is -0.0934. The summed E-state index contributed by atoms with van der Waals surface area (Å²) in [5, 5.41) is 6.33. The van der Waals surface area contributed by atoms with E-state index < -0.39 is 0 Å². The van der Waals surface area contributed by atoms with Gasteiger partial charge in [-0.1, -0.05) is 6.92 Å². The lowest BCUT2D eigenvalue weighted by Crippen LogP contribution is -2.41. The summed E-state index contributed by atoms with van der Waals surface area (Å²) in [6.45, 7) is 7.65. The molecule has 2 atom stereocenters. The molecule has 1 saturated heterocycles. The monoisotopic (exact) mass is 291 g/mol. The molecule has 0 aliphatic carbocycles.